The molecule has 2 aromatic carbocycles. The van der Waals surface area contributed by atoms with E-state index in [9.17, 15) is 35.8 Å². The van der Waals surface area contributed by atoms with E-state index in [1.165, 1.54) is 37.4 Å². The first kappa shape index (κ1) is 25.1. The second kappa shape index (κ2) is 9.23. The molecule has 3 nitrogen and oxygen atoms in total. The van der Waals surface area contributed by atoms with E-state index in [0.29, 0.717) is 29.0 Å². The monoisotopic (exact) mass is 499 g/mol. The molecule has 1 heterocycles. The van der Waals surface area contributed by atoms with Crippen molar-refractivity contribution < 1.29 is 40.6 Å². The van der Waals surface area contributed by atoms with Gasteiger partial charge in [0.1, 0.15) is 5.82 Å². The molecule has 1 N–H and O–H groups in total. The van der Waals surface area contributed by atoms with Gasteiger partial charge in [0.2, 0.25) is 0 Å². The van der Waals surface area contributed by atoms with Gasteiger partial charge >= 0.3 is 12.4 Å². The second-order valence-corrected chi connectivity index (χ2v) is 8.41. The fourth-order valence-electron chi connectivity index (χ4n) is 4.39. The summed E-state index contributed by atoms with van der Waals surface area (Å²) in [5.41, 5.74) is -1.62. The van der Waals surface area contributed by atoms with Crippen molar-refractivity contribution in [3.63, 3.8) is 0 Å². The zero-order valence-corrected chi connectivity index (χ0v) is 18.2. The molecule has 0 bridgehead atoms. The Morgan fingerprint density at radius 2 is 1.54 bits per heavy atom. The molecule has 186 valence electrons. The van der Waals surface area contributed by atoms with Crippen molar-refractivity contribution in [1.29, 1.82) is 0 Å². The molecule has 10 heteroatoms. The zero-order valence-electron chi connectivity index (χ0n) is 18.2. The van der Waals surface area contributed by atoms with Crippen LogP contribution in [0.5, 0.6) is 0 Å². The summed E-state index contributed by atoms with van der Waals surface area (Å²) >= 11 is 0. The van der Waals surface area contributed by atoms with Gasteiger partial charge in [0.25, 0.3) is 0 Å². The highest BCUT2D eigenvalue weighted by molar-refractivity contribution is 5.40. The van der Waals surface area contributed by atoms with Gasteiger partial charge in [0.05, 0.1) is 35.1 Å². The highest BCUT2D eigenvalue weighted by Gasteiger charge is 2.40. The number of benzene rings is 2. The SMILES string of the molecule is C[C@@H](O[C@H]1C[C@@H](O)c2ncccc2[C@@H]1c1ccc(F)cc1)c1cc(C(F)(F)F)cc(C(F)(F)F)c1. The molecule has 3 aromatic rings. The molecule has 35 heavy (non-hydrogen) atoms. The topological polar surface area (TPSA) is 42.4 Å². The van der Waals surface area contributed by atoms with Crippen LogP contribution in [-0.2, 0) is 17.1 Å². The quantitative estimate of drug-likeness (QED) is 0.394. The van der Waals surface area contributed by atoms with Crippen LogP contribution in [0.25, 0.3) is 0 Å². The Morgan fingerprint density at radius 1 is 0.943 bits per heavy atom. The predicted molar refractivity (Wildman–Crippen MR) is 112 cm³/mol. The molecule has 0 spiro atoms. The van der Waals surface area contributed by atoms with Crippen molar-refractivity contribution in [2.45, 2.75) is 49.9 Å². The van der Waals surface area contributed by atoms with E-state index in [-0.39, 0.29) is 18.1 Å². The first-order valence-electron chi connectivity index (χ1n) is 10.7. The molecule has 4 atom stereocenters. The van der Waals surface area contributed by atoms with E-state index in [1.54, 1.807) is 12.1 Å². The molecule has 4 rings (SSSR count). The molecule has 0 radical (unpaired) electrons. The third kappa shape index (κ3) is 5.33. The average Bonchev–Trinajstić information content (AvgIpc) is 2.79. The summed E-state index contributed by atoms with van der Waals surface area (Å²) in [6, 6.07) is 10.1. The van der Waals surface area contributed by atoms with Crippen LogP contribution < -0.4 is 0 Å². The van der Waals surface area contributed by atoms with E-state index in [0.717, 1.165) is 0 Å². The fourth-order valence-corrected chi connectivity index (χ4v) is 4.39. The van der Waals surface area contributed by atoms with Crippen molar-refractivity contribution in [2.24, 2.45) is 0 Å². The van der Waals surface area contributed by atoms with Gasteiger partial charge in [-0.25, -0.2) is 4.39 Å². The molecule has 0 fully saturated rings. The van der Waals surface area contributed by atoms with Crippen LogP contribution in [0.2, 0.25) is 0 Å². The molecular formula is C25H20F7NO2. The minimum atomic E-state index is -4.99. The third-order valence-corrected chi connectivity index (χ3v) is 6.04. The molecule has 0 aliphatic heterocycles. The van der Waals surface area contributed by atoms with Gasteiger partial charge in [-0.3, -0.25) is 4.98 Å². The van der Waals surface area contributed by atoms with Crippen LogP contribution in [0, 0.1) is 5.82 Å². The number of aliphatic hydroxyl groups excluding tert-OH is 1. The lowest BCUT2D eigenvalue weighted by Gasteiger charge is -2.37. The summed E-state index contributed by atoms with van der Waals surface area (Å²) in [6.45, 7) is 1.35. The van der Waals surface area contributed by atoms with Gasteiger partial charge < -0.3 is 9.84 Å². The summed E-state index contributed by atoms with van der Waals surface area (Å²) in [6.07, 6.45) is -11.6. The van der Waals surface area contributed by atoms with Crippen molar-refractivity contribution >= 4 is 0 Å². The van der Waals surface area contributed by atoms with Crippen molar-refractivity contribution in [2.75, 3.05) is 0 Å². The smallest absolute Gasteiger partial charge is 0.387 e. The number of hydrogen-bond donors (Lipinski definition) is 1. The third-order valence-electron chi connectivity index (χ3n) is 6.04. The lowest BCUT2D eigenvalue weighted by molar-refractivity contribution is -0.143. The van der Waals surface area contributed by atoms with Gasteiger partial charge in [-0.2, -0.15) is 26.3 Å². The maximum absolute atomic E-state index is 13.5. The van der Waals surface area contributed by atoms with Crippen LogP contribution in [0.3, 0.4) is 0 Å². The minimum absolute atomic E-state index is 0.0124. The van der Waals surface area contributed by atoms with E-state index in [1.807, 2.05) is 0 Å². The van der Waals surface area contributed by atoms with E-state index in [4.69, 9.17) is 4.74 Å². The van der Waals surface area contributed by atoms with E-state index in [2.05, 4.69) is 4.98 Å². The summed E-state index contributed by atoms with van der Waals surface area (Å²) in [5, 5.41) is 10.6. The van der Waals surface area contributed by atoms with Gasteiger partial charge in [-0.1, -0.05) is 18.2 Å². The van der Waals surface area contributed by atoms with Crippen LogP contribution in [0.4, 0.5) is 30.7 Å². The first-order valence-corrected chi connectivity index (χ1v) is 10.7. The molecule has 1 aliphatic rings. The number of pyridine rings is 1. The Kier molecular flexibility index (Phi) is 6.63. The Balaban J connectivity index is 1.73. The lowest BCUT2D eigenvalue weighted by Crippen LogP contribution is -2.33. The highest BCUT2D eigenvalue weighted by atomic mass is 19.4. The first-order chi connectivity index (χ1) is 16.3. The summed E-state index contributed by atoms with van der Waals surface area (Å²) in [7, 11) is 0. The van der Waals surface area contributed by atoms with Crippen molar-refractivity contribution in [1.82, 2.24) is 4.98 Å². The number of rotatable bonds is 4. The fraction of sp³-hybridized carbons (Fsp3) is 0.320. The Hall–Kier alpha value is -2.98. The number of alkyl halides is 6. The lowest BCUT2D eigenvalue weighted by atomic mass is 9.77. The van der Waals surface area contributed by atoms with Crippen LogP contribution in [0.15, 0.2) is 60.8 Å². The molecule has 0 saturated carbocycles. The maximum Gasteiger partial charge on any atom is 0.416 e. The average molecular weight is 499 g/mol. The molecular weight excluding hydrogens is 479 g/mol. The summed E-state index contributed by atoms with van der Waals surface area (Å²) in [4.78, 5) is 4.21. The normalized spacial score (nSPS) is 21.5. The van der Waals surface area contributed by atoms with Crippen LogP contribution in [0.1, 0.15) is 65.0 Å². The number of ether oxygens (including phenoxy) is 1. The van der Waals surface area contributed by atoms with Crippen molar-refractivity contribution in [3.05, 3.63) is 100 Å². The van der Waals surface area contributed by atoms with Gasteiger partial charge in [0.15, 0.2) is 0 Å². The predicted octanol–water partition coefficient (Wildman–Crippen LogP) is 6.97. The molecule has 1 aromatic heterocycles. The number of aliphatic hydroxyl groups is 1. The van der Waals surface area contributed by atoms with E-state index >= 15 is 0 Å². The number of halogens is 7. The molecule has 0 saturated heterocycles. The standard InChI is InChI=1S/C25H20F7NO2/c1-13(15-9-16(24(27,28)29)11-17(10-15)25(30,31)32)35-21-12-20(34)23-19(3-2-8-33-23)22(21)14-4-6-18(26)7-5-14/h2-11,13,20-22,34H,12H2,1H3/t13-,20-,21+,22+/m1/s1. The Morgan fingerprint density at radius 3 is 2.11 bits per heavy atom. The zero-order chi connectivity index (χ0) is 25.5. The Labute approximate surface area is 196 Å². The molecule has 0 amide bonds. The molecule has 0 unspecified atom stereocenters. The Bertz CT molecular complexity index is 1160. The largest absolute Gasteiger partial charge is 0.416 e. The molecule has 1 aliphatic carbocycles. The van der Waals surface area contributed by atoms with Crippen molar-refractivity contribution in [3.8, 4) is 0 Å². The summed E-state index contributed by atoms with van der Waals surface area (Å²) < 4.78 is 99.4. The van der Waals surface area contributed by atoms with Crippen LogP contribution >= 0.6 is 0 Å². The summed E-state index contributed by atoms with van der Waals surface area (Å²) in [5.74, 6) is -1.07. The van der Waals surface area contributed by atoms with Gasteiger partial charge in [0, 0.05) is 18.5 Å². The number of aromatic nitrogens is 1. The number of nitrogens with zero attached hydrogens (tertiary/aromatic N) is 1. The van der Waals surface area contributed by atoms with Gasteiger partial charge in [-0.15, -0.1) is 0 Å². The number of fused-ring (bicyclic) bond motifs is 1. The second-order valence-electron chi connectivity index (χ2n) is 8.41. The van der Waals surface area contributed by atoms with Crippen LogP contribution in [-0.4, -0.2) is 16.2 Å². The van der Waals surface area contributed by atoms with Gasteiger partial charge in [-0.05, 0) is 60.0 Å². The highest BCUT2D eigenvalue weighted by Crippen LogP contribution is 2.44. The van der Waals surface area contributed by atoms with E-state index < -0.39 is 53.5 Å². The number of hydrogen-bond acceptors (Lipinski definition) is 3. The minimum Gasteiger partial charge on any atom is -0.387 e. The maximum atomic E-state index is 13.5.